The fourth-order valence-electron chi connectivity index (χ4n) is 2.79. The van der Waals surface area contributed by atoms with Crippen LogP contribution in [0.2, 0.25) is 0 Å². The molecule has 2 fully saturated rings. The number of hydrogen-bond acceptors (Lipinski definition) is 5. The van der Waals surface area contributed by atoms with Crippen molar-refractivity contribution < 1.29 is 9.26 Å². The molecule has 3 heterocycles. The van der Waals surface area contributed by atoms with E-state index < -0.39 is 0 Å². The van der Waals surface area contributed by atoms with E-state index in [0.29, 0.717) is 11.8 Å². The second-order valence-electron chi connectivity index (χ2n) is 5.44. The Balaban J connectivity index is 1.52. The maximum absolute atomic E-state index is 5.36. The van der Waals surface area contributed by atoms with E-state index in [9.17, 15) is 0 Å². The molecule has 2 saturated heterocycles. The third kappa shape index (κ3) is 3.09. The molecule has 1 aromatic heterocycles. The first-order valence-electron chi connectivity index (χ1n) is 7.00. The molecular weight excluding hydrogens is 230 g/mol. The predicted octanol–water partition coefficient (Wildman–Crippen LogP) is 1.19. The van der Waals surface area contributed by atoms with Gasteiger partial charge in [0.2, 0.25) is 5.89 Å². The summed E-state index contributed by atoms with van der Waals surface area (Å²) in [6.45, 7) is 3.96. The molecule has 0 bridgehead atoms. The molecule has 1 unspecified atom stereocenters. The van der Waals surface area contributed by atoms with E-state index >= 15 is 0 Å². The maximum Gasteiger partial charge on any atom is 0.226 e. The quantitative estimate of drug-likeness (QED) is 0.871. The van der Waals surface area contributed by atoms with Gasteiger partial charge in [-0.1, -0.05) is 5.16 Å². The van der Waals surface area contributed by atoms with Crippen LogP contribution in [0, 0.1) is 11.8 Å². The zero-order valence-electron chi connectivity index (χ0n) is 10.7. The number of aromatic nitrogens is 2. The number of nitrogens with one attached hydrogen (secondary N) is 1. The molecule has 3 rings (SSSR count). The molecular formula is C13H21N3O2. The molecule has 1 N–H and O–H groups in total. The van der Waals surface area contributed by atoms with E-state index in [4.69, 9.17) is 9.26 Å². The second kappa shape index (κ2) is 5.80. The van der Waals surface area contributed by atoms with Gasteiger partial charge in [-0.3, -0.25) is 0 Å². The standard InChI is InChI=1S/C13H21N3O2/c1-4-14-5-2-10(1)8-13-15-12(16-18-13)7-11-3-6-17-9-11/h10-11,14H,1-9H2. The van der Waals surface area contributed by atoms with Gasteiger partial charge in [-0.05, 0) is 44.2 Å². The van der Waals surface area contributed by atoms with E-state index in [-0.39, 0.29) is 0 Å². The normalized spacial score (nSPS) is 25.7. The van der Waals surface area contributed by atoms with Crippen molar-refractivity contribution in [2.75, 3.05) is 26.3 Å². The molecule has 5 heteroatoms. The molecule has 18 heavy (non-hydrogen) atoms. The van der Waals surface area contributed by atoms with Crippen LogP contribution in [-0.2, 0) is 17.6 Å². The molecule has 5 nitrogen and oxygen atoms in total. The molecule has 0 amide bonds. The lowest BCUT2D eigenvalue weighted by Gasteiger charge is -2.20. The lowest BCUT2D eigenvalue weighted by atomic mass is 9.95. The molecule has 2 aliphatic rings. The minimum absolute atomic E-state index is 0.578. The fourth-order valence-corrected chi connectivity index (χ4v) is 2.79. The highest BCUT2D eigenvalue weighted by atomic mass is 16.5. The van der Waals surface area contributed by atoms with Gasteiger partial charge in [0.1, 0.15) is 0 Å². The van der Waals surface area contributed by atoms with Gasteiger partial charge < -0.3 is 14.6 Å². The van der Waals surface area contributed by atoms with Crippen molar-refractivity contribution in [2.45, 2.75) is 32.1 Å². The molecule has 1 aromatic rings. The van der Waals surface area contributed by atoms with Crippen LogP contribution in [-0.4, -0.2) is 36.4 Å². The summed E-state index contributed by atoms with van der Waals surface area (Å²) < 4.78 is 10.7. The smallest absolute Gasteiger partial charge is 0.226 e. The summed E-state index contributed by atoms with van der Waals surface area (Å²) in [6, 6.07) is 0. The lowest BCUT2D eigenvalue weighted by molar-refractivity contribution is 0.185. The maximum atomic E-state index is 5.36. The zero-order valence-corrected chi connectivity index (χ0v) is 10.7. The highest BCUT2D eigenvalue weighted by Gasteiger charge is 2.21. The molecule has 0 saturated carbocycles. The lowest BCUT2D eigenvalue weighted by Crippen LogP contribution is -2.28. The summed E-state index contributed by atoms with van der Waals surface area (Å²) in [5, 5.41) is 7.46. The van der Waals surface area contributed by atoms with E-state index in [1.807, 2.05) is 0 Å². The summed E-state index contributed by atoms with van der Waals surface area (Å²) in [5.74, 6) is 2.95. The molecule has 0 aromatic carbocycles. The average molecular weight is 251 g/mol. The van der Waals surface area contributed by atoms with Gasteiger partial charge in [0.25, 0.3) is 0 Å². The molecule has 1 atom stereocenters. The zero-order chi connectivity index (χ0) is 12.2. The minimum Gasteiger partial charge on any atom is -0.381 e. The van der Waals surface area contributed by atoms with Crippen LogP contribution < -0.4 is 5.32 Å². The third-order valence-electron chi connectivity index (χ3n) is 3.93. The van der Waals surface area contributed by atoms with Gasteiger partial charge in [0, 0.05) is 26.1 Å². The Kier molecular flexibility index (Phi) is 3.90. The van der Waals surface area contributed by atoms with Crippen molar-refractivity contribution in [3.05, 3.63) is 11.7 Å². The minimum atomic E-state index is 0.578. The number of ether oxygens (including phenoxy) is 1. The molecule has 2 aliphatic heterocycles. The predicted molar refractivity (Wildman–Crippen MR) is 66.2 cm³/mol. The largest absolute Gasteiger partial charge is 0.381 e. The fraction of sp³-hybridized carbons (Fsp3) is 0.846. The van der Waals surface area contributed by atoms with E-state index in [1.54, 1.807) is 0 Å². The van der Waals surface area contributed by atoms with Crippen molar-refractivity contribution in [2.24, 2.45) is 11.8 Å². The van der Waals surface area contributed by atoms with Crippen LogP contribution in [0.1, 0.15) is 31.0 Å². The van der Waals surface area contributed by atoms with Crippen LogP contribution in [0.15, 0.2) is 4.52 Å². The second-order valence-corrected chi connectivity index (χ2v) is 5.44. The summed E-state index contributed by atoms with van der Waals surface area (Å²) in [6.07, 6.45) is 5.39. The van der Waals surface area contributed by atoms with Crippen molar-refractivity contribution in [1.82, 2.24) is 15.5 Å². The third-order valence-corrected chi connectivity index (χ3v) is 3.93. The van der Waals surface area contributed by atoms with Crippen molar-refractivity contribution in [3.63, 3.8) is 0 Å². The van der Waals surface area contributed by atoms with Gasteiger partial charge in [0.05, 0.1) is 0 Å². The Morgan fingerprint density at radius 2 is 2.00 bits per heavy atom. The van der Waals surface area contributed by atoms with Crippen molar-refractivity contribution in [3.8, 4) is 0 Å². The van der Waals surface area contributed by atoms with Gasteiger partial charge in [-0.25, -0.2) is 0 Å². The summed E-state index contributed by atoms with van der Waals surface area (Å²) >= 11 is 0. The van der Waals surface area contributed by atoms with Crippen molar-refractivity contribution >= 4 is 0 Å². The Bertz CT molecular complexity index is 368. The summed E-state index contributed by atoms with van der Waals surface area (Å²) in [5.41, 5.74) is 0. The van der Waals surface area contributed by atoms with Crippen LogP contribution in [0.4, 0.5) is 0 Å². The summed E-state index contributed by atoms with van der Waals surface area (Å²) in [4.78, 5) is 4.51. The topological polar surface area (TPSA) is 60.2 Å². The number of nitrogens with zero attached hydrogens (tertiary/aromatic N) is 2. The monoisotopic (exact) mass is 251 g/mol. The molecule has 0 aliphatic carbocycles. The SMILES string of the molecule is C1CC(Cc2nc(CC3CCOC3)no2)CCN1. The van der Waals surface area contributed by atoms with Crippen LogP contribution in [0.5, 0.6) is 0 Å². The highest BCUT2D eigenvalue weighted by Crippen LogP contribution is 2.19. The average Bonchev–Trinajstić information content (AvgIpc) is 3.03. The Morgan fingerprint density at radius 3 is 2.78 bits per heavy atom. The first-order valence-corrected chi connectivity index (χ1v) is 7.00. The number of rotatable bonds is 4. The molecule has 0 radical (unpaired) electrons. The number of hydrogen-bond donors (Lipinski definition) is 1. The van der Waals surface area contributed by atoms with Gasteiger partial charge in [-0.2, -0.15) is 4.98 Å². The first-order chi connectivity index (χ1) is 8.90. The van der Waals surface area contributed by atoms with E-state index in [2.05, 4.69) is 15.5 Å². The van der Waals surface area contributed by atoms with Crippen molar-refractivity contribution in [1.29, 1.82) is 0 Å². The van der Waals surface area contributed by atoms with Crippen LogP contribution in [0.3, 0.4) is 0 Å². The molecule has 0 spiro atoms. The van der Waals surface area contributed by atoms with E-state index in [1.165, 1.54) is 12.8 Å². The highest BCUT2D eigenvalue weighted by molar-refractivity contribution is 4.91. The van der Waals surface area contributed by atoms with Crippen LogP contribution in [0.25, 0.3) is 0 Å². The summed E-state index contributed by atoms with van der Waals surface area (Å²) in [7, 11) is 0. The van der Waals surface area contributed by atoms with E-state index in [0.717, 1.165) is 57.3 Å². The van der Waals surface area contributed by atoms with Gasteiger partial charge >= 0.3 is 0 Å². The number of piperidine rings is 1. The Morgan fingerprint density at radius 1 is 1.11 bits per heavy atom. The Hall–Kier alpha value is -0.940. The van der Waals surface area contributed by atoms with Gasteiger partial charge in [0.15, 0.2) is 5.82 Å². The first kappa shape index (κ1) is 12.1. The van der Waals surface area contributed by atoms with Crippen LogP contribution >= 0.6 is 0 Å². The van der Waals surface area contributed by atoms with Gasteiger partial charge in [-0.15, -0.1) is 0 Å². The molecule has 100 valence electrons. The Labute approximate surface area is 107 Å².